The van der Waals surface area contributed by atoms with Gasteiger partial charge in [0.1, 0.15) is 5.82 Å². The van der Waals surface area contributed by atoms with Crippen LogP contribution in [0.2, 0.25) is 0 Å². The van der Waals surface area contributed by atoms with Gasteiger partial charge in [0.05, 0.1) is 12.2 Å². The molecule has 1 aromatic rings. The van der Waals surface area contributed by atoms with E-state index in [4.69, 9.17) is 9.47 Å². The van der Waals surface area contributed by atoms with Gasteiger partial charge in [0, 0.05) is 45.0 Å². The molecule has 0 saturated carbocycles. The van der Waals surface area contributed by atoms with Gasteiger partial charge in [-0.2, -0.15) is 0 Å². The maximum Gasteiger partial charge on any atom is 0.225 e. The fourth-order valence-corrected chi connectivity index (χ4v) is 3.46. The zero-order valence-electron chi connectivity index (χ0n) is 14.6. The highest BCUT2D eigenvalue weighted by atomic mass is 19.1. The van der Waals surface area contributed by atoms with Crippen LogP contribution in [0.25, 0.3) is 0 Å². The predicted octanol–water partition coefficient (Wildman–Crippen LogP) is 2.81. The van der Waals surface area contributed by atoms with Crippen LogP contribution in [0.3, 0.4) is 0 Å². The van der Waals surface area contributed by atoms with Crippen molar-refractivity contribution in [1.82, 2.24) is 4.90 Å². The molecule has 5 nitrogen and oxygen atoms in total. The van der Waals surface area contributed by atoms with Crippen LogP contribution >= 0.6 is 0 Å². The van der Waals surface area contributed by atoms with E-state index in [2.05, 4.69) is 10.2 Å². The lowest BCUT2D eigenvalue weighted by Crippen LogP contribution is -2.39. The topological polar surface area (TPSA) is 50.8 Å². The third-order valence-corrected chi connectivity index (χ3v) is 4.74. The highest BCUT2D eigenvalue weighted by molar-refractivity contribution is 5.90. The summed E-state index contributed by atoms with van der Waals surface area (Å²) in [7, 11) is 0. The molecule has 138 valence electrons. The Morgan fingerprint density at radius 1 is 1.16 bits per heavy atom. The number of amides is 1. The van der Waals surface area contributed by atoms with Gasteiger partial charge in [0.25, 0.3) is 0 Å². The molecule has 2 atom stereocenters. The average Bonchev–Trinajstić information content (AvgIpc) is 3.26. The first kappa shape index (κ1) is 18.3. The molecule has 2 heterocycles. The summed E-state index contributed by atoms with van der Waals surface area (Å²) in [5.41, 5.74) is 0.495. The second-order valence-electron chi connectivity index (χ2n) is 6.84. The Morgan fingerprint density at radius 3 is 2.40 bits per heavy atom. The van der Waals surface area contributed by atoms with E-state index in [-0.39, 0.29) is 23.9 Å². The van der Waals surface area contributed by atoms with Crippen molar-refractivity contribution in [2.75, 3.05) is 38.2 Å². The van der Waals surface area contributed by atoms with Crippen LogP contribution in [0.1, 0.15) is 32.1 Å². The molecular formula is C19H27FN2O3. The molecule has 6 heteroatoms. The monoisotopic (exact) mass is 350 g/mol. The molecular weight excluding hydrogens is 323 g/mol. The summed E-state index contributed by atoms with van der Waals surface area (Å²) >= 11 is 0. The number of nitrogens with one attached hydrogen (secondary N) is 1. The van der Waals surface area contributed by atoms with Gasteiger partial charge < -0.3 is 14.8 Å². The van der Waals surface area contributed by atoms with Crippen molar-refractivity contribution in [3.63, 3.8) is 0 Å². The molecule has 2 aliphatic rings. The Bertz CT molecular complexity index is 539. The van der Waals surface area contributed by atoms with Crippen LogP contribution in [0.15, 0.2) is 24.3 Å². The van der Waals surface area contributed by atoms with Gasteiger partial charge in [0.2, 0.25) is 5.91 Å². The summed E-state index contributed by atoms with van der Waals surface area (Å²) < 4.78 is 24.7. The van der Waals surface area contributed by atoms with Crippen LogP contribution < -0.4 is 5.32 Å². The van der Waals surface area contributed by atoms with E-state index in [9.17, 15) is 9.18 Å². The van der Waals surface area contributed by atoms with Gasteiger partial charge in [-0.1, -0.05) is 6.07 Å². The summed E-state index contributed by atoms with van der Waals surface area (Å²) in [4.78, 5) is 14.5. The summed E-state index contributed by atoms with van der Waals surface area (Å²) in [5, 5.41) is 2.76. The van der Waals surface area contributed by atoms with Crippen LogP contribution in [0, 0.1) is 5.82 Å². The number of carbonyl (C=O) groups is 1. The smallest absolute Gasteiger partial charge is 0.225 e. The van der Waals surface area contributed by atoms with Crippen LogP contribution in [0.4, 0.5) is 10.1 Å². The van der Waals surface area contributed by atoms with Crippen LogP contribution in [0.5, 0.6) is 0 Å². The third kappa shape index (κ3) is 6.06. The van der Waals surface area contributed by atoms with E-state index in [0.29, 0.717) is 18.7 Å². The Morgan fingerprint density at radius 2 is 1.84 bits per heavy atom. The van der Waals surface area contributed by atoms with E-state index < -0.39 is 0 Å². The number of nitrogens with zero attached hydrogens (tertiary/aromatic N) is 1. The van der Waals surface area contributed by atoms with Gasteiger partial charge in [-0.3, -0.25) is 9.69 Å². The fourth-order valence-electron chi connectivity index (χ4n) is 3.46. The second kappa shape index (κ2) is 9.27. The number of rotatable bonds is 8. The highest BCUT2D eigenvalue weighted by Crippen LogP contribution is 2.17. The van der Waals surface area contributed by atoms with Gasteiger partial charge in [-0.15, -0.1) is 0 Å². The first-order valence-corrected chi connectivity index (χ1v) is 9.20. The summed E-state index contributed by atoms with van der Waals surface area (Å²) in [6, 6.07) is 5.97. The first-order chi connectivity index (χ1) is 12.2. The Kier molecular flexibility index (Phi) is 6.78. The maximum atomic E-state index is 13.2. The quantitative estimate of drug-likeness (QED) is 0.783. The molecule has 0 spiro atoms. The van der Waals surface area contributed by atoms with Gasteiger partial charge in [0.15, 0.2) is 0 Å². The standard InChI is InChI=1S/C19H27FN2O3/c20-15-4-1-5-16(12-15)21-19(23)8-9-22(13-17-6-2-10-24-17)14-18-7-3-11-25-18/h1,4-5,12,17-18H,2-3,6-11,13-14H2,(H,21,23). The van der Waals surface area contributed by atoms with E-state index >= 15 is 0 Å². The predicted molar refractivity (Wildman–Crippen MR) is 94.0 cm³/mol. The molecule has 2 fully saturated rings. The van der Waals surface area contributed by atoms with Crippen molar-refractivity contribution in [1.29, 1.82) is 0 Å². The number of ether oxygens (including phenoxy) is 2. The Labute approximate surface area is 148 Å². The lowest BCUT2D eigenvalue weighted by atomic mass is 10.2. The number of carbonyl (C=O) groups excluding carboxylic acids is 1. The normalized spacial score (nSPS) is 23.3. The molecule has 1 N–H and O–H groups in total. The molecule has 2 saturated heterocycles. The fraction of sp³-hybridized carbons (Fsp3) is 0.632. The van der Waals surface area contributed by atoms with E-state index in [0.717, 1.165) is 52.0 Å². The SMILES string of the molecule is O=C(CCN(CC1CCCO1)CC1CCCO1)Nc1cccc(F)c1. The molecule has 3 rings (SSSR count). The van der Waals surface area contributed by atoms with Crippen LogP contribution in [-0.4, -0.2) is 55.9 Å². The zero-order chi connectivity index (χ0) is 17.5. The number of hydrogen-bond acceptors (Lipinski definition) is 4. The zero-order valence-corrected chi connectivity index (χ0v) is 14.6. The summed E-state index contributed by atoms with van der Waals surface area (Å²) in [5.74, 6) is -0.452. The van der Waals surface area contributed by atoms with Crippen molar-refractivity contribution >= 4 is 11.6 Å². The Hall–Kier alpha value is -1.50. The van der Waals surface area contributed by atoms with Crippen molar-refractivity contribution in [2.45, 2.75) is 44.3 Å². The molecule has 2 aliphatic heterocycles. The highest BCUT2D eigenvalue weighted by Gasteiger charge is 2.24. The molecule has 1 aromatic carbocycles. The molecule has 1 amide bonds. The molecule has 0 aromatic heterocycles. The van der Waals surface area contributed by atoms with Gasteiger partial charge in [-0.05, 0) is 43.9 Å². The van der Waals surface area contributed by atoms with Gasteiger partial charge in [-0.25, -0.2) is 4.39 Å². The third-order valence-electron chi connectivity index (χ3n) is 4.74. The van der Waals surface area contributed by atoms with E-state index in [1.54, 1.807) is 12.1 Å². The largest absolute Gasteiger partial charge is 0.377 e. The second-order valence-corrected chi connectivity index (χ2v) is 6.84. The lowest BCUT2D eigenvalue weighted by Gasteiger charge is -2.27. The minimum absolute atomic E-state index is 0.102. The van der Waals surface area contributed by atoms with Gasteiger partial charge >= 0.3 is 0 Å². The molecule has 2 unspecified atom stereocenters. The number of halogens is 1. The maximum absolute atomic E-state index is 13.2. The number of benzene rings is 1. The average molecular weight is 350 g/mol. The van der Waals surface area contributed by atoms with Crippen molar-refractivity contribution < 1.29 is 18.7 Å². The molecule has 0 bridgehead atoms. The van der Waals surface area contributed by atoms with Crippen molar-refractivity contribution in [2.24, 2.45) is 0 Å². The lowest BCUT2D eigenvalue weighted by molar-refractivity contribution is -0.116. The molecule has 0 radical (unpaired) electrons. The van der Waals surface area contributed by atoms with Crippen molar-refractivity contribution in [3.05, 3.63) is 30.1 Å². The molecule has 25 heavy (non-hydrogen) atoms. The minimum atomic E-state index is -0.351. The first-order valence-electron chi connectivity index (χ1n) is 9.20. The number of hydrogen-bond donors (Lipinski definition) is 1. The summed E-state index contributed by atoms with van der Waals surface area (Å²) in [6.45, 7) is 4.00. The van der Waals surface area contributed by atoms with E-state index in [1.165, 1.54) is 12.1 Å². The Balaban J connectivity index is 1.48. The number of anilines is 1. The molecule has 0 aliphatic carbocycles. The van der Waals surface area contributed by atoms with E-state index in [1.807, 2.05) is 0 Å². The van der Waals surface area contributed by atoms with Crippen LogP contribution in [-0.2, 0) is 14.3 Å². The summed E-state index contributed by atoms with van der Waals surface area (Å²) in [6.07, 6.45) is 5.27. The van der Waals surface area contributed by atoms with Crippen molar-refractivity contribution in [3.8, 4) is 0 Å². The minimum Gasteiger partial charge on any atom is -0.377 e.